The maximum atomic E-state index is 13.8. The van der Waals surface area contributed by atoms with Gasteiger partial charge >= 0.3 is 6.29 Å². The first kappa shape index (κ1) is 21.9. The number of nitrogens with zero attached hydrogens (tertiary/aromatic N) is 4. The summed E-state index contributed by atoms with van der Waals surface area (Å²) in [5.74, 6) is 1.53. The van der Waals surface area contributed by atoms with Crippen LogP contribution in [0.15, 0.2) is 30.3 Å². The number of aliphatic hydroxyl groups excluding tert-OH is 1. The van der Waals surface area contributed by atoms with Gasteiger partial charge in [0.25, 0.3) is 0 Å². The molecule has 0 bridgehead atoms. The van der Waals surface area contributed by atoms with Crippen LogP contribution < -0.4 is 24.3 Å². The topological polar surface area (TPSA) is 112 Å². The van der Waals surface area contributed by atoms with Crippen LogP contribution in [0.2, 0.25) is 0 Å². The van der Waals surface area contributed by atoms with Gasteiger partial charge in [0.05, 0.1) is 20.3 Å². The Morgan fingerprint density at radius 3 is 2.71 bits per heavy atom. The highest BCUT2D eigenvalue weighted by Gasteiger charge is 2.45. The summed E-state index contributed by atoms with van der Waals surface area (Å²) in [5, 5.41) is 17.9. The molecule has 0 fully saturated rings. The van der Waals surface area contributed by atoms with Gasteiger partial charge in [0.1, 0.15) is 17.0 Å². The first-order valence-electron chi connectivity index (χ1n) is 10.4. The fourth-order valence-corrected chi connectivity index (χ4v) is 3.76. The van der Waals surface area contributed by atoms with E-state index in [4.69, 9.17) is 14.2 Å². The van der Waals surface area contributed by atoms with E-state index < -0.39 is 12.4 Å². The molecule has 4 aromatic rings. The number of benzene rings is 2. The molecule has 1 aliphatic heterocycles. The van der Waals surface area contributed by atoms with E-state index >= 15 is 0 Å². The second kappa shape index (κ2) is 8.13. The van der Waals surface area contributed by atoms with Crippen LogP contribution >= 0.6 is 0 Å². The zero-order chi connectivity index (χ0) is 24.0. The molecule has 0 saturated heterocycles. The number of ether oxygens (including phenoxy) is 4. The molecule has 0 saturated carbocycles. The molecule has 0 spiro atoms. The highest BCUT2D eigenvalue weighted by atomic mass is 19.3. The van der Waals surface area contributed by atoms with Crippen molar-refractivity contribution in [1.82, 2.24) is 19.6 Å². The molecule has 34 heavy (non-hydrogen) atoms. The van der Waals surface area contributed by atoms with Crippen LogP contribution in [0, 0.1) is 0 Å². The van der Waals surface area contributed by atoms with Crippen molar-refractivity contribution >= 4 is 22.5 Å². The van der Waals surface area contributed by atoms with E-state index in [2.05, 4.69) is 25.1 Å². The molecule has 3 heterocycles. The summed E-state index contributed by atoms with van der Waals surface area (Å²) in [6, 6.07) is 8.31. The molecule has 0 unspecified atom stereocenters. The minimum absolute atomic E-state index is 0.124. The number of anilines is 1. The van der Waals surface area contributed by atoms with E-state index in [1.54, 1.807) is 39.3 Å². The van der Waals surface area contributed by atoms with Crippen molar-refractivity contribution < 1.29 is 32.8 Å². The third kappa shape index (κ3) is 3.85. The van der Waals surface area contributed by atoms with Gasteiger partial charge in [-0.2, -0.15) is 4.52 Å². The summed E-state index contributed by atoms with van der Waals surface area (Å²) in [5.41, 5.74) is 1.31. The first-order chi connectivity index (χ1) is 16.3. The largest absolute Gasteiger partial charge is 0.586 e. The Hall–Kier alpha value is -3.93. The third-order valence-electron chi connectivity index (χ3n) is 5.26. The fourth-order valence-electron chi connectivity index (χ4n) is 3.76. The smallest absolute Gasteiger partial charge is 0.497 e. The number of hydrogen-bond acceptors (Lipinski definition) is 9. The van der Waals surface area contributed by atoms with E-state index in [0.29, 0.717) is 28.4 Å². The molecule has 2 aromatic carbocycles. The zero-order valence-corrected chi connectivity index (χ0v) is 18.5. The van der Waals surface area contributed by atoms with E-state index in [9.17, 15) is 13.9 Å². The summed E-state index contributed by atoms with van der Waals surface area (Å²) in [6.45, 7) is 1.90. The second-order valence-electron chi connectivity index (χ2n) is 7.74. The molecule has 2 aromatic heterocycles. The van der Waals surface area contributed by atoms with E-state index in [1.807, 2.05) is 6.07 Å². The Balaban J connectivity index is 1.61. The van der Waals surface area contributed by atoms with Gasteiger partial charge in [0, 0.05) is 30.0 Å². The maximum absolute atomic E-state index is 13.8. The molecule has 10 nitrogen and oxygen atoms in total. The molecule has 1 aliphatic rings. The minimum Gasteiger partial charge on any atom is -0.497 e. The molecule has 12 heteroatoms. The number of aromatic nitrogens is 4. The van der Waals surface area contributed by atoms with Crippen LogP contribution in [-0.4, -0.2) is 51.3 Å². The Bertz CT molecular complexity index is 1390. The lowest BCUT2D eigenvalue weighted by Crippen LogP contribution is -2.26. The van der Waals surface area contributed by atoms with Gasteiger partial charge in [0.15, 0.2) is 23.0 Å². The summed E-state index contributed by atoms with van der Waals surface area (Å²) in [7, 11) is 3.11. The molecule has 2 N–H and O–H groups in total. The van der Waals surface area contributed by atoms with Crippen LogP contribution in [0.25, 0.3) is 16.6 Å². The Labute approximate surface area is 192 Å². The third-order valence-corrected chi connectivity index (χ3v) is 5.26. The van der Waals surface area contributed by atoms with Gasteiger partial charge < -0.3 is 29.4 Å². The normalized spacial score (nSPS) is 15.0. The van der Waals surface area contributed by atoms with Crippen LogP contribution in [0.5, 0.6) is 23.0 Å². The van der Waals surface area contributed by atoms with Crippen molar-refractivity contribution in [3.05, 3.63) is 41.7 Å². The SMILES string of the molecule is COc1ccc(CNc2nc3c4c(ccc3c3nc(C[C@@H](C)O)nn23)OC(F)(F)O4)c(OC)c1. The van der Waals surface area contributed by atoms with Crippen molar-refractivity contribution in [3.63, 3.8) is 0 Å². The lowest BCUT2D eigenvalue weighted by Gasteiger charge is -2.13. The van der Waals surface area contributed by atoms with Gasteiger partial charge in [-0.05, 0) is 31.2 Å². The summed E-state index contributed by atoms with van der Waals surface area (Å²) >= 11 is 0. The lowest BCUT2D eigenvalue weighted by atomic mass is 10.2. The Morgan fingerprint density at radius 2 is 1.97 bits per heavy atom. The lowest BCUT2D eigenvalue weighted by molar-refractivity contribution is -0.286. The molecular weight excluding hydrogens is 452 g/mol. The van der Waals surface area contributed by atoms with Gasteiger partial charge in [-0.15, -0.1) is 13.9 Å². The predicted octanol–water partition coefficient (Wildman–Crippen LogP) is 3.15. The van der Waals surface area contributed by atoms with Gasteiger partial charge in [0.2, 0.25) is 5.95 Å². The second-order valence-corrected chi connectivity index (χ2v) is 7.74. The highest BCUT2D eigenvalue weighted by Crippen LogP contribution is 2.45. The van der Waals surface area contributed by atoms with Crippen LogP contribution in [-0.2, 0) is 13.0 Å². The summed E-state index contributed by atoms with van der Waals surface area (Å²) in [4.78, 5) is 9.02. The predicted molar refractivity (Wildman–Crippen MR) is 117 cm³/mol. The van der Waals surface area contributed by atoms with Crippen LogP contribution in [0.1, 0.15) is 18.3 Å². The van der Waals surface area contributed by atoms with Crippen molar-refractivity contribution in [1.29, 1.82) is 0 Å². The quantitative estimate of drug-likeness (QED) is 0.418. The fraction of sp³-hybridized carbons (Fsp3) is 0.318. The number of aliphatic hydroxyl groups is 1. The summed E-state index contributed by atoms with van der Waals surface area (Å²) < 4.78 is 49.0. The number of methoxy groups -OCH3 is 2. The molecule has 1 atom stereocenters. The Morgan fingerprint density at radius 1 is 1.15 bits per heavy atom. The minimum atomic E-state index is -3.79. The number of fused-ring (bicyclic) bond motifs is 5. The van der Waals surface area contributed by atoms with E-state index in [-0.39, 0.29) is 35.9 Å². The molecule has 5 rings (SSSR count). The molecule has 0 aliphatic carbocycles. The van der Waals surface area contributed by atoms with Crippen molar-refractivity contribution in [2.75, 3.05) is 19.5 Å². The van der Waals surface area contributed by atoms with Crippen LogP contribution in [0.3, 0.4) is 0 Å². The van der Waals surface area contributed by atoms with Crippen molar-refractivity contribution in [2.45, 2.75) is 32.3 Å². The number of rotatable bonds is 7. The molecule has 0 amide bonds. The Kier molecular flexibility index (Phi) is 5.24. The number of nitrogens with one attached hydrogen (secondary N) is 1. The number of hydrogen-bond donors (Lipinski definition) is 2. The number of halogens is 2. The number of alkyl halides is 2. The highest BCUT2D eigenvalue weighted by molar-refractivity contribution is 5.97. The zero-order valence-electron chi connectivity index (χ0n) is 18.5. The first-order valence-corrected chi connectivity index (χ1v) is 10.4. The van der Waals surface area contributed by atoms with Gasteiger partial charge in [-0.3, -0.25) is 0 Å². The van der Waals surface area contributed by atoms with Crippen molar-refractivity contribution in [3.8, 4) is 23.0 Å². The monoisotopic (exact) mass is 473 g/mol. The maximum Gasteiger partial charge on any atom is 0.586 e. The summed E-state index contributed by atoms with van der Waals surface area (Å²) in [6.07, 6.45) is -4.26. The van der Waals surface area contributed by atoms with Crippen molar-refractivity contribution in [2.24, 2.45) is 0 Å². The standard InChI is InChI=1S/C22H21F2N5O5/c1-11(30)8-17-26-20-14-6-7-15-19(34-22(23,24)33-15)18(14)27-21(29(20)28-17)25-10-12-4-5-13(31-2)9-16(12)32-3/h4-7,9,11,30H,8,10H2,1-3H3,(H,25,27)/t11-/m1/s1. The van der Waals surface area contributed by atoms with E-state index in [1.165, 1.54) is 10.6 Å². The van der Waals surface area contributed by atoms with Gasteiger partial charge in [-0.25, -0.2) is 9.97 Å². The molecule has 178 valence electrons. The average Bonchev–Trinajstić information content (AvgIpc) is 3.36. The van der Waals surface area contributed by atoms with Gasteiger partial charge in [-0.1, -0.05) is 0 Å². The van der Waals surface area contributed by atoms with Crippen LogP contribution in [0.4, 0.5) is 14.7 Å². The van der Waals surface area contributed by atoms with E-state index in [0.717, 1.165) is 5.56 Å². The molecule has 0 radical (unpaired) electrons. The molecular formula is C22H21F2N5O5. The average molecular weight is 473 g/mol.